The average Bonchev–Trinajstić information content (AvgIpc) is 3.25. The highest BCUT2D eigenvalue weighted by atomic mass is 15.2. The minimum absolute atomic E-state index is 0.757. The van der Waals surface area contributed by atoms with Crippen LogP contribution in [0.3, 0.4) is 0 Å². The van der Waals surface area contributed by atoms with E-state index < -0.39 is 0 Å². The summed E-state index contributed by atoms with van der Waals surface area (Å²) in [5.41, 5.74) is 1.34. The zero-order valence-electron chi connectivity index (χ0n) is 13.1. The summed E-state index contributed by atoms with van der Waals surface area (Å²) in [7, 11) is 4.24. The molecule has 0 aromatic carbocycles. The number of hydrogen-bond donors (Lipinski definition) is 1. The highest BCUT2D eigenvalue weighted by Gasteiger charge is 2.20. The molecule has 1 heterocycles. The summed E-state index contributed by atoms with van der Waals surface area (Å²) in [4.78, 5) is 9.17. The fourth-order valence-corrected chi connectivity index (χ4v) is 2.22. The first kappa shape index (κ1) is 15.3. The summed E-state index contributed by atoms with van der Waals surface area (Å²) < 4.78 is 0. The van der Waals surface area contributed by atoms with Crippen LogP contribution >= 0.6 is 0 Å². The van der Waals surface area contributed by atoms with Crippen LogP contribution in [0.5, 0.6) is 0 Å². The zero-order valence-corrected chi connectivity index (χ0v) is 13.1. The van der Waals surface area contributed by atoms with Crippen molar-refractivity contribution in [2.24, 2.45) is 0 Å². The van der Waals surface area contributed by atoms with Gasteiger partial charge < -0.3 is 15.1 Å². The Balaban J connectivity index is 1.96. The molecule has 20 heavy (non-hydrogen) atoms. The van der Waals surface area contributed by atoms with E-state index in [4.69, 9.17) is 0 Å². The predicted octanol–water partition coefficient (Wildman–Crippen LogP) is 2.11. The number of aromatic nitrogens is 1. The van der Waals surface area contributed by atoms with E-state index in [1.807, 2.05) is 6.20 Å². The van der Waals surface area contributed by atoms with Crippen molar-refractivity contribution in [1.29, 1.82) is 0 Å². The lowest BCUT2D eigenvalue weighted by Crippen LogP contribution is -2.33. The van der Waals surface area contributed by atoms with Gasteiger partial charge in [0.15, 0.2) is 0 Å². The van der Waals surface area contributed by atoms with Crippen molar-refractivity contribution in [3.05, 3.63) is 23.9 Å². The molecule has 1 aromatic heterocycles. The van der Waals surface area contributed by atoms with E-state index in [9.17, 15) is 0 Å². The van der Waals surface area contributed by atoms with Crippen LogP contribution in [0.15, 0.2) is 18.3 Å². The molecule has 0 amide bonds. The molecular formula is C16H28N4. The van der Waals surface area contributed by atoms with Crippen molar-refractivity contribution in [1.82, 2.24) is 15.2 Å². The van der Waals surface area contributed by atoms with E-state index in [0.29, 0.717) is 0 Å². The zero-order chi connectivity index (χ0) is 14.4. The largest absolute Gasteiger partial charge is 0.355 e. The van der Waals surface area contributed by atoms with E-state index in [2.05, 4.69) is 53.3 Å². The summed E-state index contributed by atoms with van der Waals surface area (Å²) in [6.45, 7) is 6.36. The first-order valence-electron chi connectivity index (χ1n) is 7.77. The maximum Gasteiger partial charge on any atom is 0.128 e. The van der Waals surface area contributed by atoms with E-state index in [1.165, 1.54) is 18.4 Å². The molecule has 1 aliphatic rings. The Morgan fingerprint density at radius 3 is 2.70 bits per heavy atom. The quantitative estimate of drug-likeness (QED) is 0.748. The molecule has 0 spiro atoms. The van der Waals surface area contributed by atoms with Crippen LogP contribution < -0.4 is 10.2 Å². The molecule has 0 atom stereocenters. The second-order valence-electron chi connectivity index (χ2n) is 5.97. The van der Waals surface area contributed by atoms with Gasteiger partial charge in [-0.25, -0.2) is 4.98 Å². The van der Waals surface area contributed by atoms with Crippen molar-refractivity contribution < 1.29 is 0 Å². The fourth-order valence-electron chi connectivity index (χ4n) is 2.22. The lowest BCUT2D eigenvalue weighted by atomic mass is 10.2. The number of rotatable bonds is 9. The third kappa shape index (κ3) is 5.10. The Morgan fingerprint density at radius 1 is 1.25 bits per heavy atom. The van der Waals surface area contributed by atoms with Gasteiger partial charge in [-0.2, -0.15) is 0 Å². The molecule has 1 N–H and O–H groups in total. The molecule has 1 aliphatic carbocycles. The molecule has 112 valence electrons. The van der Waals surface area contributed by atoms with E-state index in [0.717, 1.165) is 44.5 Å². The van der Waals surface area contributed by atoms with E-state index in [-0.39, 0.29) is 0 Å². The number of nitrogens with zero attached hydrogens (tertiary/aromatic N) is 3. The number of anilines is 1. The highest BCUT2D eigenvalue weighted by Crippen LogP contribution is 2.20. The van der Waals surface area contributed by atoms with Crippen molar-refractivity contribution >= 4 is 5.82 Å². The minimum Gasteiger partial charge on any atom is -0.355 e. The normalized spacial score (nSPS) is 14.8. The van der Waals surface area contributed by atoms with Crippen molar-refractivity contribution in [3.8, 4) is 0 Å². The molecule has 1 saturated carbocycles. The molecule has 1 fully saturated rings. The maximum atomic E-state index is 4.56. The highest BCUT2D eigenvalue weighted by molar-refractivity contribution is 5.41. The molecule has 0 radical (unpaired) electrons. The molecular weight excluding hydrogens is 248 g/mol. The first-order valence-corrected chi connectivity index (χ1v) is 7.77. The summed E-state index contributed by atoms with van der Waals surface area (Å²) in [6.07, 6.45) is 5.77. The SMILES string of the molecule is CCCN(CCN(C)C)c1cc(CNC2CC2)ccn1. The van der Waals surface area contributed by atoms with Crippen LogP contribution in [0.1, 0.15) is 31.7 Å². The molecule has 0 bridgehead atoms. The molecule has 0 unspecified atom stereocenters. The second kappa shape index (κ2) is 7.60. The van der Waals surface area contributed by atoms with Crippen LogP contribution in [0.4, 0.5) is 5.82 Å². The van der Waals surface area contributed by atoms with Gasteiger partial charge in [-0.3, -0.25) is 0 Å². The van der Waals surface area contributed by atoms with E-state index in [1.54, 1.807) is 0 Å². The number of likely N-dealkylation sites (N-methyl/N-ethyl adjacent to an activating group) is 1. The van der Waals surface area contributed by atoms with Crippen LogP contribution in [0, 0.1) is 0 Å². The summed E-state index contributed by atoms with van der Waals surface area (Å²) in [5, 5.41) is 3.57. The maximum absolute atomic E-state index is 4.56. The van der Waals surface area contributed by atoms with Crippen LogP contribution in [-0.4, -0.2) is 49.7 Å². The van der Waals surface area contributed by atoms with Gasteiger partial charge in [0.05, 0.1) is 0 Å². The van der Waals surface area contributed by atoms with Crippen molar-refractivity contribution in [2.45, 2.75) is 38.8 Å². The lowest BCUT2D eigenvalue weighted by Gasteiger charge is -2.25. The Morgan fingerprint density at radius 2 is 2.05 bits per heavy atom. The molecule has 4 nitrogen and oxygen atoms in total. The fraction of sp³-hybridized carbons (Fsp3) is 0.688. The van der Waals surface area contributed by atoms with E-state index >= 15 is 0 Å². The summed E-state index contributed by atoms with van der Waals surface area (Å²) >= 11 is 0. The van der Waals surface area contributed by atoms with Crippen LogP contribution in [0.25, 0.3) is 0 Å². The van der Waals surface area contributed by atoms with Gasteiger partial charge in [0.25, 0.3) is 0 Å². The van der Waals surface area contributed by atoms with Gasteiger partial charge in [-0.15, -0.1) is 0 Å². The van der Waals surface area contributed by atoms with Gasteiger partial charge in [-0.05, 0) is 51.1 Å². The summed E-state index contributed by atoms with van der Waals surface area (Å²) in [6, 6.07) is 5.11. The standard InChI is InChI=1S/C16H28N4/c1-4-9-20(11-10-19(2)3)16-12-14(7-8-17-16)13-18-15-5-6-15/h7-8,12,15,18H,4-6,9-11,13H2,1-3H3. The third-order valence-corrected chi connectivity index (χ3v) is 3.62. The van der Waals surface area contributed by atoms with Crippen molar-refractivity contribution in [3.63, 3.8) is 0 Å². The molecule has 0 aliphatic heterocycles. The predicted molar refractivity (Wildman–Crippen MR) is 85.2 cm³/mol. The van der Waals surface area contributed by atoms with Crippen molar-refractivity contribution in [2.75, 3.05) is 38.6 Å². The molecule has 0 saturated heterocycles. The Bertz CT molecular complexity index is 401. The number of pyridine rings is 1. The summed E-state index contributed by atoms with van der Waals surface area (Å²) in [5.74, 6) is 1.11. The number of hydrogen-bond acceptors (Lipinski definition) is 4. The Kier molecular flexibility index (Phi) is 5.80. The Labute approximate surface area is 123 Å². The van der Waals surface area contributed by atoms with Gasteiger partial charge in [0.1, 0.15) is 5.82 Å². The minimum atomic E-state index is 0.757. The van der Waals surface area contributed by atoms with Crippen LogP contribution in [-0.2, 0) is 6.54 Å². The smallest absolute Gasteiger partial charge is 0.128 e. The van der Waals surface area contributed by atoms with Crippen LogP contribution in [0.2, 0.25) is 0 Å². The molecule has 4 heteroatoms. The topological polar surface area (TPSA) is 31.4 Å². The number of nitrogens with one attached hydrogen (secondary N) is 1. The monoisotopic (exact) mass is 276 g/mol. The van der Waals surface area contributed by atoms with Gasteiger partial charge in [-0.1, -0.05) is 6.92 Å². The lowest BCUT2D eigenvalue weighted by molar-refractivity contribution is 0.412. The van der Waals surface area contributed by atoms with Gasteiger partial charge in [0, 0.05) is 38.4 Å². The Hall–Kier alpha value is -1.13. The molecule has 2 rings (SSSR count). The van der Waals surface area contributed by atoms with Gasteiger partial charge >= 0.3 is 0 Å². The second-order valence-corrected chi connectivity index (χ2v) is 5.97. The molecule has 1 aromatic rings. The average molecular weight is 276 g/mol. The van der Waals surface area contributed by atoms with Gasteiger partial charge in [0.2, 0.25) is 0 Å². The third-order valence-electron chi connectivity index (χ3n) is 3.62. The first-order chi connectivity index (χ1) is 9.69.